The molecular weight excluding hydrogens is 285 g/mol. The van der Waals surface area contributed by atoms with Crippen LogP contribution in [0.2, 0.25) is 0 Å². The Morgan fingerprint density at radius 3 is 2.12 bits per heavy atom. The molecule has 0 aromatic heterocycles. The first-order valence-corrected chi connectivity index (χ1v) is 2.48. The number of carbonyl (C=O) groups is 1. The van der Waals surface area contributed by atoms with Gasteiger partial charge < -0.3 is 6.92 Å². The second-order valence-corrected chi connectivity index (χ2v) is 1.80. The van der Waals surface area contributed by atoms with Gasteiger partial charge in [0, 0.05) is 0 Å². The summed E-state index contributed by atoms with van der Waals surface area (Å²) in [5.74, 6) is 0.384. The fourth-order valence-corrected chi connectivity index (χ4v) is 0.203. The van der Waals surface area contributed by atoms with Crippen molar-refractivity contribution in [1.82, 2.24) is 0 Å². The zero-order valence-corrected chi connectivity index (χ0v) is 7.37. The van der Waals surface area contributed by atoms with Crippen molar-refractivity contribution >= 4 is 5.78 Å². The molecule has 2 heteroatoms. The Morgan fingerprint density at radius 1 is 1.75 bits per heavy atom. The van der Waals surface area contributed by atoms with E-state index in [-0.39, 0.29) is 34.1 Å². The van der Waals surface area contributed by atoms with Crippen LogP contribution in [0.25, 0.3) is 0 Å². The smallest absolute Gasteiger partial charge is 0.343 e. The summed E-state index contributed by atoms with van der Waals surface area (Å²) in [6.45, 7) is 7.06. The maximum absolute atomic E-state index is 10.3. The van der Waals surface area contributed by atoms with E-state index in [1.807, 2.05) is 6.92 Å². The molecule has 0 saturated carbocycles. The number of ketones is 1. The Bertz CT molecular complexity index is 70.9. The summed E-state index contributed by atoms with van der Waals surface area (Å²) in [5.41, 5.74) is 0. The van der Waals surface area contributed by atoms with E-state index < -0.39 is 0 Å². The Balaban J connectivity index is 0. The van der Waals surface area contributed by atoms with Crippen molar-refractivity contribution in [2.24, 2.45) is 5.92 Å². The summed E-state index contributed by atoms with van der Waals surface area (Å²) in [4.78, 5) is 10.3. The minimum absolute atomic E-state index is 0. The van der Waals surface area contributed by atoms with E-state index in [0.717, 1.165) is 6.42 Å². The molecule has 0 amide bonds. The third-order valence-electron chi connectivity index (χ3n) is 1.13. The van der Waals surface area contributed by atoms with E-state index in [9.17, 15) is 4.79 Å². The maximum atomic E-state index is 10.3. The summed E-state index contributed by atoms with van der Waals surface area (Å²) < 4.78 is 0. The molecule has 0 spiro atoms. The van der Waals surface area contributed by atoms with Gasteiger partial charge in [0.05, 0.1) is 0 Å². The van der Waals surface area contributed by atoms with E-state index in [4.69, 9.17) is 0 Å². The van der Waals surface area contributed by atoms with Crippen LogP contribution in [0.3, 0.4) is 0 Å². The summed E-state index contributed by atoms with van der Waals surface area (Å²) in [6.07, 6.45) is 0.718. The third-order valence-corrected chi connectivity index (χ3v) is 1.13. The van der Waals surface area contributed by atoms with E-state index in [1.165, 1.54) is 0 Å². The van der Waals surface area contributed by atoms with Gasteiger partial charge in [-0.2, -0.15) is 6.42 Å². The Hall–Kier alpha value is 0.410. The Morgan fingerprint density at radius 2 is 2.12 bits per heavy atom. The van der Waals surface area contributed by atoms with Crippen molar-refractivity contribution in [1.29, 1.82) is 0 Å². The second-order valence-electron chi connectivity index (χ2n) is 1.80. The van der Waals surface area contributed by atoms with Crippen molar-refractivity contribution < 1.29 is 27.2 Å². The van der Waals surface area contributed by atoms with E-state index in [0.29, 0.717) is 0 Å². The monoisotopic (exact) mass is 296 g/mol. The first kappa shape index (κ1) is 11.2. The van der Waals surface area contributed by atoms with Crippen LogP contribution >= 0.6 is 0 Å². The van der Waals surface area contributed by atoms with Gasteiger partial charge in [0.1, 0.15) is 5.78 Å². The van der Waals surface area contributed by atoms with Crippen LogP contribution in [0.1, 0.15) is 20.3 Å². The predicted octanol–water partition coefficient (Wildman–Crippen LogP) is 1.43. The van der Waals surface area contributed by atoms with Crippen LogP contribution in [0.5, 0.6) is 0 Å². The largest absolute Gasteiger partial charge is 1.00 e. The third kappa shape index (κ3) is 4.57. The topological polar surface area (TPSA) is 17.1 Å². The van der Waals surface area contributed by atoms with Crippen LogP contribution in [-0.2, 0) is 27.2 Å². The van der Waals surface area contributed by atoms with Gasteiger partial charge in [0.15, 0.2) is 0 Å². The summed E-state index contributed by atoms with van der Waals surface area (Å²) >= 11 is 0. The summed E-state index contributed by atoms with van der Waals surface area (Å²) in [6, 6.07) is 0. The molecule has 0 fully saturated rings. The fraction of sp³-hybridized carbons (Fsp3) is 0.667. The molecule has 0 heterocycles. The molecule has 0 rings (SSSR count). The molecule has 0 bridgehead atoms. The molecule has 52 valence electrons. The number of rotatable bonds is 2. The quantitative estimate of drug-likeness (QED) is 0.556. The fourth-order valence-electron chi connectivity index (χ4n) is 0.203. The van der Waals surface area contributed by atoms with E-state index in [2.05, 4.69) is 6.92 Å². The first-order chi connectivity index (χ1) is 3.18. The van der Waals surface area contributed by atoms with Crippen LogP contribution in [-0.4, -0.2) is 5.78 Å². The van der Waals surface area contributed by atoms with Crippen LogP contribution in [0, 0.1) is 12.8 Å². The molecule has 0 aromatic carbocycles. The van der Waals surface area contributed by atoms with Crippen LogP contribution in [0.4, 0.5) is 0 Å². The molecular formula is C6H11AuO. The van der Waals surface area contributed by atoms with Gasteiger partial charge in [-0.1, -0.05) is 6.92 Å². The molecule has 0 N–H and O–H groups in total. The van der Waals surface area contributed by atoms with Crippen molar-refractivity contribution in [2.75, 3.05) is 0 Å². The SMILES string of the molecule is [Au+].[CH2-]CC(C)C(C)=O. The van der Waals surface area contributed by atoms with Crippen molar-refractivity contribution in [3.05, 3.63) is 6.92 Å². The maximum Gasteiger partial charge on any atom is 1.00 e. The molecule has 0 aliphatic heterocycles. The molecule has 0 aromatic rings. The van der Waals surface area contributed by atoms with Gasteiger partial charge in [-0.25, -0.2) is 0 Å². The molecule has 1 unspecified atom stereocenters. The molecule has 0 radical (unpaired) electrons. The van der Waals surface area contributed by atoms with Gasteiger partial charge in [-0.05, 0) is 12.8 Å². The molecule has 0 aliphatic carbocycles. The molecule has 1 atom stereocenters. The normalized spacial score (nSPS) is 11.9. The van der Waals surface area contributed by atoms with Gasteiger partial charge in [-0.15, -0.1) is 0 Å². The standard InChI is InChI=1S/C6H11O.Au/c1-4-5(2)6(3)7;/h5H,1,4H2,2-3H3;/q-1;+1. The molecule has 0 aliphatic rings. The van der Waals surface area contributed by atoms with Crippen molar-refractivity contribution in [2.45, 2.75) is 20.3 Å². The van der Waals surface area contributed by atoms with Gasteiger partial charge in [-0.3, -0.25) is 4.79 Å². The van der Waals surface area contributed by atoms with Crippen LogP contribution in [0.15, 0.2) is 0 Å². The number of hydrogen-bond acceptors (Lipinski definition) is 1. The number of carbonyl (C=O) groups excluding carboxylic acids is 1. The van der Waals surface area contributed by atoms with Crippen molar-refractivity contribution in [3.8, 4) is 0 Å². The second kappa shape index (κ2) is 5.55. The van der Waals surface area contributed by atoms with E-state index >= 15 is 0 Å². The summed E-state index contributed by atoms with van der Waals surface area (Å²) in [7, 11) is 0. The van der Waals surface area contributed by atoms with Crippen molar-refractivity contribution in [3.63, 3.8) is 0 Å². The minimum atomic E-state index is 0. The first-order valence-electron chi connectivity index (χ1n) is 2.48. The van der Waals surface area contributed by atoms with Gasteiger partial charge >= 0.3 is 22.4 Å². The van der Waals surface area contributed by atoms with E-state index in [1.54, 1.807) is 6.92 Å². The van der Waals surface area contributed by atoms with Crippen LogP contribution < -0.4 is 0 Å². The number of Topliss-reactive ketones (excluding diaryl/α,β-unsaturated/α-hetero) is 1. The molecule has 1 nitrogen and oxygen atoms in total. The van der Waals surface area contributed by atoms with Gasteiger partial charge in [0.25, 0.3) is 0 Å². The van der Waals surface area contributed by atoms with Gasteiger partial charge in [0.2, 0.25) is 0 Å². The molecule has 8 heavy (non-hydrogen) atoms. The Kier molecular flexibility index (Phi) is 7.79. The minimum Gasteiger partial charge on any atom is -0.343 e. The average molecular weight is 296 g/mol. The Labute approximate surface area is 66.4 Å². The molecule has 0 saturated heterocycles. The zero-order chi connectivity index (χ0) is 5.86. The average Bonchev–Trinajstić information content (AvgIpc) is 1.65. The predicted molar refractivity (Wildman–Crippen MR) is 29.8 cm³/mol. The number of hydrogen-bond donors (Lipinski definition) is 0. The zero-order valence-electron chi connectivity index (χ0n) is 5.20. The summed E-state index contributed by atoms with van der Waals surface area (Å²) in [5, 5.41) is 0.